The largest absolute Gasteiger partial charge is 0.491 e. The van der Waals surface area contributed by atoms with Crippen LogP contribution in [0.4, 0.5) is 10.1 Å². The van der Waals surface area contributed by atoms with Gasteiger partial charge in [0.25, 0.3) is 0 Å². The van der Waals surface area contributed by atoms with Crippen molar-refractivity contribution in [2.24, 2.45) is 0 Å². The Morgan fingerprint density at radius 3 is 2.48 bits per heavy atom. The average molecular weight is 370 g/mol. The number of benzene rings is 2. The maximum Gasteiger partial charge on any atom is 0.123 e. The first-order valence-corrected chi connectivity index (χ1v) is 9.38. The minimum atomic E-state index is -0.542. The summed E-state index contributed by atoms with van der Waals surface area (Å²) < 4.78 is 18.9. The summed E-state index contributed by atoms with van der Waals surface area (Å²) in [5.74, 6) is 0.591. The Balaban J connectivity index is 1.44. The highest BCUT2D eigenvalue weighted by Crippen LogP contribution is 2.20. The van der Waals surface area contributed by atoms with Crippen LogP contribution in [0.15, 0.2) is 61.2 Å². The highest BCUT2D eigenvalue weighted by Gasteiger charge is 2.20. The van der Waals surface area contributed by atoms with Crippen molar-refractivity contribution in [1.82, 2.24) is 4.90 Å². The van der Waals surface area contributed by atoms with Crippen LogP contribution >= 0.6 is 0 Å². The number of aliphatic hydroxyl groups excluding tert-OH is 1. The van der Waals surface area contributed by atoms with Crippen molar-refractivity contribution in [3.63, 3.8) is 0 Å². The van der Waals surface area contributed by atoms with E-state index in [1.54, 1.807) is 0 Å². The predicted octanol–water partition coefficient (Wildman–Crippen LogP) is 3.12. The van der Waals surface area contributed by atoms with Crippen molar-refractivity contribution in [2.75, 3.05) is 44.2 Å². The first-order valence-electron chi connectivity index (χ1n) is 9.38. The zero-order chi connectivity index (χ0) is 19.1. The van der Waals surface area contributed by atoms with Gasteiger partial charge in [-0.25, -0.2) is 4.39 Å². The third-order valence-electron chi connectivity index (χ3n) is 4.80. The first kappa shape index (κ1) is 19.4. The van der Waals surface area contributed by atoms with Crippen LogP contribution < -0.4 is 9.64 Å². The highest BCUT2D eigenvalue weighted by molar-refractivity contribution is 5.46. The number of anilines is 1. The predicted molar refractivity (Wildman–Crippen MR) is 107 cm³/mol. The molecule has 1 aliphatic heterocycles. The van der Waals surface area contributed by atoms with Crippen molar-refractivity contribution < 1.29 is 14.2 Å². The van der Waals surface area contributed by atoms with E-state index >= 15 is 0 Å². The molecule has 0 aliphatic carbocycles. The maximum absolute atomic E-state index is 13.1. The Morgan fingerprint density at radius 2 is 1.78 bits per heavy atom. The van der Waals surface area contributed by atoms with E-state index in [1.807, 2.05) is 42.5 Å². The van der Waals surface area contributed by atoms with E-state index in [9.17, 15) is 9.50 Å². The van der Waals surface area contributed by atoms with Crippen LogP contribution in [-0.4, -0.2) is 55.4 Å². The molecule has 5 heteroatoms. The van der Waals surface area contributed by atoms with E-state index < -0.39 is 6.10 Å². The molecule has 0 aromatic heterocycles. The second kappa shape index (κ2) is 9.53. The molecule has 1 heterocycles. The van der Waals surface area contributed by atoms with E-state index in [4.69, 9.17) is 4.74 Å². The van der Waals surface area contributed by atoms with Gasteiger partial charge in [-0.1, -0.05) is 24.3 Å². The van der Waals surface area contributed by atoms with Gasteiger partial charge in [-0.3, -0.25) is 4.90 Å². The summed E-state index contributed by atoms with van der Waals surface area (Å²) in [6.07, 6.45) is 2.05. The normalized spacial score (nSPS) is 16.1. The Kier molecular flexibility index (Phi) is 6.85. The number of nitrogens with zero attached hydrogens (tertiary/aromatic N) is 2. The molecule has 0 radical (unpaired) electrons. The van der Waals surface area contributed by atoms with Crippen molar-refractivity contribution in [3.8, 4) is 5.75 Å². The van der Waals surface area contributed by atoms with E-state index in [0.29, 0.717) is 6.54 Å². The summed E-state index contributed by atoms with van der Waals surface area (Å²) in [4.78, 5) is 4.48. The van der Waals surface area contributed by atoms with Gasteiger partial charge in [0.15, 0.2) is 0 Å². The number of para-hydroxylation sites is 1. The van der Waals surface area contributed by atoms with E-state index in [1.165, 1.54) is 12.1 Å². The van der Waals surface area contributed by atoms with Crippen molar-refractivity contribution in [1.29, 1.82) is 0 Å². The molecule has 3 rings (SSSR count). The fourth-order valence-corrected chi connectivity index (χ4v) is 3.35. The number of allylic oxidation sites excluding steroid dienone is 1. The molecule has 1 fully saturated rings. The molecule has 27 heavy (non-hydrogen) atoms. The van der Waals surface area contributed by atoms with Gasteiger partial charge in [0.1, 0.15) is 24.3 Å². The molecule has 0 amide bonds. The lowest BCUT2D eigenvalue weighted by atomic mass is 10.1. The molecule has 1 aliphatic rings. The van der Waals surface area contributed by atoms with Gasteiger partial charge >= 0.3 is 0 Å². The van der Waals surface area contributed by atoms with Gasteiger partial charge < -0.3 is 14.7 Å². The number of hydrogen-bond donors (Lipinski definition) is 1. The van der Waals surface area contributed by atoms with Gasteiger partial charge in [0, 0.05) is 38.4 Å². The molecular weight excluding hydrogens is 343 g/mol. The van der Waals surface area contributed by atoms with Crippen LogP contribution in [0.3, 0.4) is 0 Å². The van der Waals surface area contributed by atoms with Crippen molar-refractivity contribution >= 4 is 5.69 Å². The number of halogens is 1. The third kappa shape index (κ3) is 5.55. The van der Waals surface area contributed by atoms with Gasteiger partial charge in [0.2, 0.25) is 0 Å². The molecule has 0 bridgehead atoms. The van der Waals surface area contributed by atoms with E-state index in [-0.39, 0.29) is 12.4 Å². The quantitative estimate of drug-likeness (QED) is 0.725. The summed E-state index contributed by atoms with van der Waals surface area (Å²) in [6, 6.07) is 14.5. The highest BCUT2D eigenvalue weighted by atomic mass is 19.1. The third-order valence-corrected chi connectivity index (χ3v) is 4.80. The van der Waals surface area contributed by atoms with Crippen LogP contribution in [-0.2, 0) is 6.42 Å². The minimum absolute atomic E-state index is 0.213. The fraction of sp³-hybridized carbons (Fsp3) is 0.364. The number of ether oxygens (including phenoxy) is 1. The molecule has 1 atom stereocenters. The van der Waals surface area contributed by atoms with Crippen molar-refractivity contribution in [2.45, 2.75) is 12.5 Å². The summed E-state index contributed by atoms with van der Waals surface area (Å²) in [6.45, 7) is 8.07. The summed E-state index contributed by atoms with van der Waals surface area (Å²) in [7, 11) is 0. The summed E-state index contributed by atoms with van der Waals surface area (Å²) in [5.41, 5.74) is 2.12. The Labute approximate surface area is 160 Å². The van der Waals surface area contributed by atoms with Crippen LogP contribution in [0.25, 0.3) is 0 Å². The molecule has 1 unspecified atom stereocenters. The fourth-order valence-electron chi connectivity index (χ4n) is 3.35. The maximum atomic E-state index is 13.1. The zero-order valence-electron chi connectivity index (χ0n) is 15.6. The van der Waals surface area contributed by atoms with Crippen LogP contribution in [0, 0.1) is 5.82 Å². The lowest BCUT2D eigenvalue weighted by molar-refractivity contribution is 0.0660. The lowest BCUT2D eigenvalue weighted by Gasteiger charge is -2.36. The monoisotopic (exact) mass is 370 g/mol. The number of rotatable bonds is 8. The number of aliphatic hydroxyl groups is 1. The topological polar surface area (TPSA) is 35.9 Å². The van der Waals surface area contributed by atoms with E-state index in [2.05, 4.69) is 16.4 Å². The van der Waals surface area contributed by atoms with Crippen LogP contribution in [0.1, 0.15) is 5.56 Å². The van der Waals surface area contributed by atoms with Crippen LogP contribution in [0.2, 0.25) is 0 Å². The summed E-state index contributed by atoms with van der Waals surface area (Å²) >= 11 is 0. The zero-order valence-corrected chi connectivity index (χ0v) is 15.6. The molecule has 1 saturated heterocycles. The summed E-state index contributed by atoms with van der Waals surface area (Å²) in [5, 5.41) is 10.4. The molecule has 144 valence electrons. The van der Waals surface area contributed by atoms with Gasteiger partial charge in [-0.2, -0.15) is 0 Å². The SMILES string of the molecule is C=CCc1ccccc1OCC(O)CN1CCN(c2ccc(F)cc2)CC1. The Hall–Kier alpha value is -2.37. The molecule has 4 nitrogen and oxygen atoms in total. The Morgan fingerprint density at radius 1 is 1.07 bits per heavy atom. The standard InChI is InChI=1S/C22H27FN2O2/c1-2-5-18-6-3-4-7-22(18)27-17-21(26)16-24-12-14-25(15-13-24)20-10-8-19(23)9-11-20/h2-4,6-11,21,26H,1,5,12-17H2. The first-order chi connectivity index (χ1) is 13.2. The second-order valence-corrected chi connectivity index (χ2v) is 6.83. The molecule has 1 N–H and O–H groups in total. The molecule has 0 spiro atoms. The lowest BCUT2D eigenvalue weighted by Crippen LogP contribution is -2.49. The molecule has 2 aromatic rings. The van der Waals surface area contributed by atoms with Crippen molar-refractivity contribution in [3.05, 3.63) is 72.6 Å². The number of hydrogen-bond acceptors (Lipinski definition) is 4. The van der Waals surface area contributed by atoms with Gasteiger partial charge in [-0.05, 0) is 42.3 Å². The minimum Gasteiger partial charge on any atom is -0.491 e. The number of piperazine rings is 1. The second-order valence-electron chi connectivity index (χ2n) is 6.83. The van der Waals surface area contributed by atoms with E-state index in [0.717, 1.165) is 49.6 Å². The van der Waals surface area contributed by atoms with Gasteiger partial charge in [0.05, 0.1) is 0 Å². The molecule has 0 saturated carbocycles. The molecular formula is C22H27FN2O2. The Bertz CT molecular complexity index is 727. The molecule has 2 aromatic carbocycles. The van der Waals surface area contributed by atoms with Gasteiger partial charge in [-0.15, -0.1) is 6.58 Å². The van der Waals surface area contributed by atoms with Crippen LogP contribution in [0.5, 0.6) is 5.75 Å². The number of β-amino-alcohol motifs (C(OH)–C–C–N with tert-alkyl or cyclic N) is 1. The smallest absolute Gasteiger partial charge is 0.123 e. The average Bonchev–Trinajstić information content (AvgIpc) is 2.69.